The molecule has 0 saturated carbocycles. The second kappa shape index (κ2) is 13.2. The van der Waals surface area contributed by atoms with Crippen molar-refractivity contribution in [2.45, 2.75) is 45.7 Å². The average Bonchev–Trinajstić information content (AvgIpc) is 2.83. The number of rotatable bonds is 13. The van der Waals surface area contributed by atoms with E-state index in [0.29, 0.717) is 23.6 Å². The lowest BCUT2D eigenvalue weighted by Crippen LogP contribution is -2.52. The van der Waals surface area contributed by atoms with Crippen LogP contribution in [0.5, 0.6) is 0 Å². The number of sulfonamides is 1. The van der Waals surface area contributed by atoms with Gasteiger partial charge in [-0.1, -0.05) is 50.1 Å². The molecule has 1 N–H and O–H groups in total. The third kappa shape index (κ3) is 8.20. The molecule has 2 aromatic rings. The van der Waals surface area contributed by atoms with Gasteiger partial charge in [0.25, 0.3) is 5.69 Å². The Labute approximate surface area is 216 Å². The van der Waals surface area contributed by atoms with E-state index in [9.17, 15) is 28.1 Å². The number of nitrogens with zero attached hydrogens (tertiary/aromatic N) is 3. The van der Waals surface area contributed by atoms with Crippen LogP contribution >= 0.6 is 11.6 Å². The summed E-state index contributed by atoms with van der Waals surface area (Å²) >= 11 is 5.98. The topological polar surface area (TPSA) is 130 Å². The van der Waals surface area contributed by atoms with Gasteiger partial charge in [-0.15, -0.1) is 0 Å². The van der Waals surface area contributed by atoms with E-state index in [1.807, 2.05) is 6.92 Å². The molecule has 2 aromatic carbocycles. The molecule has 10 nitrogen and oxygen atoms in total. The molecule has 0 spiro atoms. The number of halogens is 1. The lowest BCUT2D eigenvalue weighted by atomic mass is 10.1. The van der Waals surface area contributed by atoms with Gasteiger partial charge in [0, 0.05) is 30.2 Å². The fourth-order valence-electron chi connectivity index (χ4n) is 3.59. The number of amides is 2. The van der Waals surface area contributed by atoms with Gasteiger partial charge in [-0.05, 0) is 36.6 Å². The van der Waals surface area contributed by atoms with Gasteiger partial charge in [0.15, 0.2) is 0 Å². The van der Waals surface area contributed by atoms with Gasteiger partial charge in [0.1, 0.15) is 12.6 Å². The monoisotopic (exact) mass is 538 g/mol. The third-order valence-corrected chi connectivity index (χ3v) is 6.88. The summed E-state index contributed by atoms with van der Waals surface area (Å²) in [6, 6.07) is 11.0. The first-order valence-electron chi connectivity index (χ1n) is 11.5. The summed E-state index contributed by atoms with van der Waals surface area (Å²) in [6.07, 6.45) is 2.88. The molecule has 0 heterocycles. The summed E-state index contributed by atoms with van der Waals surface area (Å²) in [4.78, 5) is 38.4. The van der Waals surface area contributed by atoms with Crippen LogP contribution in [-0.4, -0.2) is 55.4 Å². The Kier molecular flexibility index (Phi) is 10.7. The highest BCUT2D eigenvalue weighted by Gasteiger charge is 2.32. The van der Waals surface area contributed by atoms with Crippen LogP contribution < -0.4 is 9.62 Å². The van der Waals surface area contributed by atoms with Crippen LogP contribution in [0.4, 0.5) is 11.4 Å². The Morgan fingerprint density at radius 2 is 1.81 bits per heavy atom. The van der Waals surface area contributed by atoms with Gasteiger partial charge in [-0.25, -0.2) is 8.42 Å². The molecule has 1 atom stereocenters. The predicted molar refractivity (Wildman–Crippen MR) is 139 cm³/mol. The van der Waals surface area contributed by atoms with Crippen LogP contribution in [0.25, 0.3) is 0 Å². The number of nitrogens with one attached hydrogen (secondary N) is 1. The molecule has 36 heavy (non-hydrogen) atoms. The number of carbonyl (C=O) groups excluding carboxylic acids is 2. The SMILES string of the molecule is CCCCNC(=O)[C@@H](CC)N(Cc1ccc(Cl)cc1)C(=O)CN(c1cccc([N+](=O)[O-])c1)S(C)(=O)=O. The van der Waals surface area contributed by atoms with Crippen molar-refractivity contribution in [2.75, 3.05) is 23.7 Å². The van der Waals surface area contributed by atoms with Crippen LogP contribution in [0.15, 0.2) is 48.5 Å². The Hall–Kier alpha value is -3.18. The molecule has 0 fully saturated rings. The number of benzene rings is 2. The van der Waals surface area contributed by atoms with E-state index in [0.717, 1.165) is 29.5 Å². The minimum Gasteiger partial charge on any atom is -0.354 e. The van der Waals surface area contributed by atoms with Gasteiger partial charge >= 0.3 is 0 Å². The molecular formula is C24H31ClN4O6S. The van der Waals surface area contributed by atoms with E-state index in [1.54, 1.807) is 31.2 Å². The van der Waals surface area contributed by atoms with E-state index in [1.165, 1.54) is 23.1 Å². The second-order valence-corrected chi connectivity index (χ2v) is 10.6. The fraction of sp³-hybridized carbons (Fsp3) is 0.417. The van der Waals surface area contributed by atoms with Gasteiger partial charge in [-0.2, -0.15) is 0 Å². The number of nitro benzene ring substituents is 1. The van der Waals surface area contributed by atoms with Crippen molar-refractivity contribution in [1.29, 1.82) is 0 Å². The summed E-state index contributed by atoms with van der Waals surface area (Å²) in [5, 5.41) is 14.6. The normalized spacial score (nSPS) is 12.0. The molecule has 2 rings (SSSR count). The molecule has 2 amide bonds. The maximum Gasteiger partial charge on any atom is 0.271 e. The molecule has 0 aromatic heterocycles. The third-order valence-electron chi connectivity index (χ3n) is 5.49. The van der Waals surface area contributed by atoms with Crippen LogP contribution in [0, 0.1) is 10.1 Å². The number of non-ortho nitro benzene ring substituents is 1. The summed E-state index contributed by atoms with van der Waals surface area (Å²) in [6.45, 7) is 3.63. The van der Waals surface area contributed by atoms with Crippen molar-refractivity contribution < 1.29 is 22.9 Å². The Bertz CT molecular complexity index is 1170. The lowest BCUT2D eigenvalue weighted by Gasteiger charge is -2.32. The van der Waals surface area contributed by atoms with Crippen LogP contribution in [0.3, 0.4) is 0 Å². The lowest BCUT2D eigenvalue weighted by molar-refractivity contribution is -0.384. The van der Waals surface area contributed by atoms with Crippen LogP contribution in [0.2, 0.25) is 5.02 Å². The van der Waals surface area contributed by atoms with E-state index >= 15 is 0 Å². The minimum absolute atomic E-state index is 0.0214. The smallest absolute Gasteiger partial charge is 0.271 e. The van der Waals surface area contributed by atoms with E-state index in [4.69, 9.17) is 11.6 Å². The van der Waals surface area contributed by atoms with E-state index in [2.05, 4.69) is 5.32 Å². The van der Waals surface area contributed by atoms with Crippen LogP contribution in [-0.2, 0) is 26.2 Å². The first kappa shape index (κ1) is 29.1. The molecule has 0 radical (unpaired) electrons. The van der Waals surface area contributed by atoms with E-state index < -0.39 is 33.4 Å². The summed E-state index contributed by atoms with van der Waals surface area (Å²) in [7, 11) is -3.99. The number of anilines is 1. The second-order valence-electron chi connectivity index (χ2n) is 8.26. The molecule has 0 aliphatic rings. The van der Waals surface area contributed by atoms with Crippen molar-refractivity contribution in [3.8, 4) is 0 Å². The molecule has 0 bridgehead atoms. The molecule has 0 aliphatic carbocycles. The first-order valence-corrected chi connectivity index (χ1v) is 13.7. The van der Waals surface area contributed by atoms with Crippen molar-refractivity contribution in [3.63, 3.8) is 0 Å². The fourth-order valence-corrected chi connectivity index (χ4v) is 4.56. The largest absolute Gasteiger partial charge is 0.354 e. The Balaban J connectivity index is 2.43. The standard InChI is InChI=1S/C24H31ClN4O6S/c1-4-6-14-26-24(31)22(5-2)27(16-18-10-12-19(25)13-11-18)23(30)17-28(36(3,34)35)20-8-7-9-21(15-20)29(32)33/h7-13,15,22H,4-6,14,16-17H2,1-3H3,(H,26,31)/t22-/m1/s1. The number of hydrogen-bond donors (Lipinski definition) is 1. The van der Waals surface area contributed by atoms with Crippen molar-refractivity contribution in [2.24, 2.45) is 0 Å². The Morgan fingerprint density at radius 3 is 2.36 bits per heavy atom. The molecule has 0 saturated heterocycles. The zero-order chi connectivity index (χ0) is 26.9. The zero-order valence-electron chi connectivity index (χ0n) is 20.5. The van der Waals surface area contributed by atoms with Crippen molar-refractivity contribution >= 4 is 44.8 Å². The number of unbranched alkanes of at least 4 members (excludes halogenated alkanes) is 1. The number of hydrogen-bond acceptors (Lipinski definition) is 6. The van der Waals surface area contributed by atoms with Crippen molar-refractivity contribution in [1.82, 2.24) is 10.2 Å². The van der Waals surface area contributed by atoms with E-state index in [-0.39, 0.29) is 23.8 Å². The zero-order valence-corrected chi connectivity index (χ0v) is 22.1. The quantitative estimate of drug-likeness (QED) is 0.235. The molecule has 12 heteroatoms. The summed E-state index contributed by atoms with van der Waals surface area (Å²) < 4.78 is 26.0. The number of carbonyl (C=O) groups is 2. The highest BCUT2D eigenvalue weighted by molar-refractivity contribution is 7.92. The molecular weight excluding hydrogens is 508 g/mol. The summed E-state index contributed by atoms with van der Waals surface area (Å²) in [5.74, 6) is -0.964. The van der Waals surface area contributed by atoms with Gasteiger partial charge in [-0.3, -0.25) is 24.0 Å². The van der Waals surface area contributed by atoms with Gasteiger partial charge in [0.2, 0.25) is 21.8 Å². The summed E-state index contributed by atoms with van der Waals surface area (Å²) in [5.41, 5.74) is 0.370. The maximum atomic E-state index is 13.6. The molecule has 196 valence electrons. The Morgan fingerprint density at radius 1 is 1.14 bits per heavy atom. The average molecular weight is 539 g/mol. The van der Waals surface area contributed by atoms with Crippen molar-refractivity contribution in [3.05, 3.63) is 69.2 Å². The molecule has 0 unspecified atom stereocenters. The maximum absolute atomic E-state index is 13.6. The minimum atomic E-state index is -3.99. The van der Waals surface area contributed by atoms with Crippen LogP contribution in [0.1, 0.15) is 38.7 Å². The van der Waals surface area contributed by atoms with Gasteiger partial charge in [0.05, 0.1) is 16.9 Å². The first-order chi connectivity index (χ1) is 17.0. The predicted octanol–water partition coefficient (Wildman–Crippen LogP) is 3.74. The van der Waals surface area contributed by atoms with Gasteiger partial charge < -0.3 is 10.2 Å². The highest BCUT2D eigenvalue weighted by atomic mass is 35.5. The number of nitro groups is 1. The molecule has 0 aliphatic heterocycles. The highest BCUT2D eigenvalue weighted by Crippen LogP contribution is 2.24.